The number of nitrogens with zero attached hydrogens (tertiary/aromatic N) is 3. The van der Waals surface area contributed by atoms with Gasteiger partial charge in [0, 0.05) is 20.3 Å². The number of nitrogens with one attached hydrogen (secondary N) is 1. The molecule has 0 aliphatic carbocycles. The highest BCUT2D eigenvalue weighted by atomic mass is 16.5. The Morgan fingerprint density at radius 2 is 2.00 bits per heavy atom. The van der Waals surface area contributed by atoms with Crippen LogP contribution in [0.15, 0.2) is 0 Å². The number of methoxy groups -OCH3 is 1. The van der Waals surface area contributed by atoms with Crippen molar-refractivity contribution in [2.45, 2.75) is 34.1 Å². The van der Waals surface area contributed by atoms with Gasteiger partial charge in [-0.3, -0.25) is 0 Å². The third kappa shape index (κ3) is 4.18. The Labute approximate surface area is 115 Å². The first kappa shape index (κ1) is 15.4. The lowest BCUT2D eigenvalue weighted by Gasteiger charge is -2.25. The number of nitriles is 1. The summed E-state index contributed by atoms with van der Waals surface area (Å²) in [4.78, 5) is 0. The molecule has 0 aromatic carbocycles. The van der Waals surface area contributed by atoms with Gasteiger partial charge in [0.1, 0.15) is 11.6 Å². The molecule has 0 amide bonds. The second kappa shape index (κ2) is 6.48. The zero-order valence-electron chi connectivity index (χ0n) is 12.4. The van der Waals surface area contributed by atoms with E-state index in [9.17, 15) is 5.26 Å². The van der Waals surface area contributed by atoms with Crippen molar-refractivity contribution >= 4 is 5.82 Å². The van der Waals surface area contributed by atoms with Gasteiger partial charge in [-0.2, -0.15) is 10.4 Å². The largest absolute Gasteiger partial charge is 0.385 e. The Bertz CT molecular complexity index is 477. The van der Waals surface area contributed by atoms with Gasteiger partial charge in [-0.05, 0) is 31.2 Å². The number of ether oxygens (including phenoxy) is 1. The third-order valence-corrected chi connectivity index (χ3v) is 3.28. The highest BCUT2D eigenvalue weighted by molar-refractivity contribution is 5.55. The Kier molecular flexibility index (Phi) is 5.25. The molecule has 1 heterocycles. The molecular formula is C14H22N4O. The molecule has 0 aliphatic rings. The smallest absolute Gasteiger partial charge is 0.166 e. The van der Waals surface area contributed by atoms with E-state index in [4.69, 9.17) is 4.74 Å². The van der Waals surface area contributed by atoms with Crippen molar-refractivity contribution in [2.24, 2.45) is 5.41 Å². The summed E-state index contributed by atoms with van der Waals surface area (Å²) in [5.74, 6) is 0.566. The maximum Gasteiger partial charge on any atom is 0.166 e. The third-order valence-electron chi connectivity index (χ3n) is 3.28. The van der Waals surface area contributed by atoms with Crippen molar-refractivity contribution in [3.63, 3.8) is 0 Å². The van der Waals surface area contributed by atoms with E-state index in [1.54, 1.807) is 7.11 Å². The average Bonchev–Trinajstić information content (AvgIpc) is 2.38. The average molecular weight is 262 g/mol. The van der Waals surface area contributed by atoms with E-state index in [1.165, 1.54) is 0 Å². The van der Waals surface area contributed by atoms with Crippen LogP contribution in [-0.4, -0.2) is 30.5 Å². The Balaban J connectivity index is 2.79. The number of aryl methyl sites for hydroxylation is 1. The van der Waals surface area contributed by atoms with Crippen LogP contribution in [0.3, 0.4) is 0 Å². The minimum absolute atomic E-state index is 0.0726. The van der Waals surface area contributed by atoms with E-state index in [0.717, 1.165) is 30.8 Å². The second-order valence-corrected chi connectivity index (χ2v) is 5.51. The van der Waals surface area contributed by atoms with E-state index in [0.29, 0.717) is 11.4 Å². The summed E-state index contributed by atoms with van der Waals surface area (Å²) >= 11 is 0. The van der Waals surface area contributed by atoms with Crippen molar-refractivity contribution in [3.8, 4) is 6.07 Å². The van der Waals surface area contributed by atoms with E-state index >= 15 is 0 Å². The van der Waals surface area contributed by atoms with Gasteiger partial charge in [0.25, 0.3) is 0 Å². The van der Waals surface area contributed by atoms with Crippen LogP contribution < -0.4 is 5.32 Å². The van der Waals surface area contributed by atoms with Crippen molar-refractivity contribution in [3.05, 3.63) is 16.8 Å². The Morgan fingerprint density at radius 1 is 1.32 bits per heavy atom. The summed E-state index contributed by atoms with van der Waals surface area (Å²) in [5.41, 5.74) is 2.33. The molecule has 1 aromatic heterocycles. The maximum absolute atomic E-state index is 9.22. The zero-order valence-corrected chi connectivity index (χ0v) is 12.4. The van der Waals surface area contributed by atoms with Crippen LogP contribution in [0.25, 0.3) is 0 Å². The topological polar surface area (TPSA) is 70.8 Å². The van der Waals surface area contributed by atoms with Crippen LogP contribution in [0.2, 0.25) is 0 Å². The fraction of sp³-hybridized carbons (Fsp3) is 0.643. The lowest BCUT2D eigenvalue weighted by Crippen LogP contribution is -2.25. The lowest BCUT2D eigenvalue weighted by molar-refractivity contribution is 0.157. The van der Waals surface area contributed by atoms with Gasteiger partial charge >= 0.3 is 0 Å². The standard InChI is InChI=1S/C14H22N4O/c1-10-11(2)17-18-13(12(10)8-15)16-9-14(3,4)6-7-19-5/h6-7,9H2,1-5H3,(H,16,18). The Morgan fingerprint density at radius 3 is 2.58 bits per heavy atom. The molecule has 19 heavy (non-hydrogen) atoms. The molecule has 1 N–H and O–H groups in total. The molecule has 0 saturated carbocycles. The summed E-state index contributed by atoms with van der Waals surface area (Å²) in [6.07, 6.45) is 0.941. The van der Waals surface area contributed by atoms with Crippen LogP contribution in [0, 0.1) is 30.6 Å². The predicted octanol–water partition coefficient (Wildman–Crippen LogP) is 2.44. The number of anilines is 1. The first-order chi connectivity index (χ1) is 8.91. The van der Waals surface area contributed by atoms with E-state index < -0.39 is 0 Å². The van der Waals surface area contributed by atoms with Crippen molar-refractivity contribution in [2.75, 3.05) is 25.6 Å². The molecule has 1 rings (SSSR count). The van der Waals surface area contributed by atoms with Crippen LogP contribution in [0.5, 0.6) is 0 Å². The molecule has 5 heteroatoms. The molecule has 0 aliphatic heterocycles. The van der Waals surface area contributed by atoms with E-state index in [1.807, 2.05) is 13.8 Å². The molecule has 0 radical (unpaired) electrons. The fourth-order valence-corrected chi connectivity index (χ4v) is 1.66. The molecule has 1 aromatic rings. The second-order valence-electron chi connectivity index (χ2n) is 5.51. The number of rotatable bonds is 6. The van der Waals surface area contributed by atoms with E-state index in [2.05, 4.69) is 35.4 Å². The monoisotopic (exact) mass is 262 g/mol. The van der Waals surface area contributed by atoms with E-state index in [-0.39, 0.29) is 5.41 Å². The van der Waals surface area contributed by atoms with Crippen molar-refractivity contribution in [1.82, 2.24) is 10.2 Å². The van der Waals surface area contributed by atoms with Gasteiger partial charge in [-0.1, -0.05) is 13.8 Å². The van der Waals surface area contributed by atoms with Crippen molar-refractivity contribution in [1.29, 1.82) is 5.26 Å². The summed E-state index contributed by atoms with van der Waals surface area (Å²) in [6.45, 7) is 9.50. The maximum atomic E-state index is 9.22. The highest BCUT2D eigenvalue weighted by Gasteiger charge is 2.19. The summed E-state index contributed by atoms with van der Waals surface area (Å²) in [6, 6.07) is 2.19. The predicted molar refractivity (Wildman–Crippen MR) is 75.0 cm³/mol. The molecule has 0 fully saturated rings. The van der Waals surface area contributed by atoms with Crippen LogP contribution >= 0.6 is 0 Å². The van der Waals surface area contributed by atoms with Gasteiger partial charge in [0.15, 0.2) is 5.82 Å². The molecule has 0 atom stereocenters. The van der Waals surface area contributed by atoms with Crippen LogP contribution in [0.4, 0.5) is 5.82 Å². The molecule has 5 nitrogen and oxygen atoms in total. The SMILES string of the molecule is COCCC(C)(C)CNc1nnc(C)c(C)c1C#N. The van der Waals surface area contributed by atoms with Crippen LogP contribution in [-0.2, 0) is 4.74 Å². The first-order valence-corrected chi connectivity index (χ1v) is 6.38. The molecule has 0 bridgehead atoms. The van der Waals surface area contributed by atoms with Gasteiger partial charge in [0.05, 0.1) is 5.69 Å². The summed E-state index contributed by atoms with van der Waals surface area (Å²) in [5, 5.41) is 20.6. The molecule has 104 valence electrons. The minimum atomic E-state index is 0.0726. The first-order valence-electron chi connectivity index (χ1n) is 6.38. The number of hydrogen-bond acceptors (Lipinski definition) is 5. The van der Waals surface area contributed by atoms with Gasteiger partial charge in [0.2, 0.25) is 0 Å². The lowest BCUT2D eigenvalue weighted by atomic mass is 9.89. The number of hydrogen-bond donors (Lipinski definition) is 1. The van der Waals surface area contributed by atoms with Gasteiger partial charge < -0.3 is 10.1 Å². The Hall–Kier alpha value is -1.67. The molecular weight excluding hydrogens is 240 g/mol. The summed E-state index contributed by atoms with van der Waals surface area (Å²) < 4.78 is 5.10. The molecule has 0 unspecified atom stereocenters. The van der Waals surface area contributed by atoms with Crippen LogP contribution in [0.1, 0.15) is 37.1 Å². The number of aromatic nitrogens is 2. The summed E-state index contributed by atoms with van der Waals surface area (Å²) in [7, 11) is 1.70. The fourth-order valence-electron chi connectivity index (χ4n) is 1.66. The van der Waals surface area contributed by atoms with Gasteiger partial charge in [-0.25, -0.2) is 0 Å². The highest BCUT2D eigenvalue weighted by Crippen LogP contribution is 2.23. The minimum Gasteiger partial charge on any atom is -0.385 e. The normalized spacial score (nSPS) is 11.2. The molecule has 0 saturated heterocycles. The van der Waals surface area contributed by atoms with Gasteiger partial charge in [-0.15, -0.1) is 5.10 Å². The van der Waals surface area contributed by atoms with Crippen molar-refractivity contribution < 1.29 is 4.74 Å². The zero-order chi connectivity index (χ0) is 14.5. The quantitative estimate of drug-likeness (QED) is 0.852. The molecule has 0 spiro atoms.